The average Bonchev–Trinajstić information content (AvgIpc) is 4.07. The summed E-state index contributed by atoms with van der Waals surface area (Å²) in [7, 11) is 0. The third kappa shape index (κ3) is 10.5. The first-order valence-corrected chi connectivity index (χ1v) is 26.3. The molecule has 4 fully saturated rings. The highest BCUT2D eigenvalue weighted by Crippen LogP contribution is 2.78. The van der Waals surface area contributed by atoms with E-state index in [-0.39, 0.29) is 43.5 Å². The van der Waals surface area contributed by atoms with Gasteiger partial charge in [0.2, 0.25) is 0 Å². The van der Waals surface area contributed by atoms with Crippen LogP contribution in [0.3, 0.4) is 0 Å². The summed E-state index contributed by atoms with van der Waals surface area (Å²) in [5, 5.41) is 26.1. The molecule has 0 aromatic heterocycles. The van der Waals surface area contributed by atoms with E-state index >= 15 is 4.79 Å². The van der Waals surface area contributed by atoms with Crippen LogP contribution in [0.5, 0.6) is 0 Å². The van der Waals surface area contributed by atoms with Crippen molar-refractivity contribution in [1.82, 2.24) is 0 Å². The van der Waals surface area contributed by atoms with E-state index in [1.54, 1.807) is 19.9 Å². The molecule has 0 amide bonds. The number of carbonyl (C=O) groups is 4. The number of fused-ring (bicyclic) bond motifs is 5. The molecule has 1 spiro atoms. The van der Waals surface area contributed by atoms with Crippen molar-refractivity contribution >= 4 is 23.7 Å². The van der Waals surface area contributed by atoms with E-state index in [2.05, 4.69) is 13.8 Å². The Labute approximate surface area is 387 Å². The molecule has 2 N–H and O–H groups in total. The van der Waals surface area contributed by atoms with E-state index in [4.69, 9.17) is 18.9 Å². The molecule has 10 nitrogen and oxygen atoms in total. The minimum Gasteiger partial charge on any atom is -0.462 e. The molecule has 366 valence electrons. The van der Waals surface area contributed by atoms with Gasteiger partial charge in [-0.3, -0.25) is 19.2 Å². The molecule has 5 aliphatic rings. The maximum Gasteiger partial charge on any atom is 0.309 e. The SMILES string of the molecule is CCCCCCCCCCCCCCCC(=O)OC[C@@]12O[C@@H]1[C@@H]1C(=O)[C@]3(C=C(C)[C@H](OC(=O)C(C)C(C)C)[C@@]3(O)[C@@H]2O)[C@H](C)C[C@]2(OC(=O)CCCCCCCCCCC)[C@H]1C2(C)C. The summed E-state index contributed by atoms with van der Waals surface area (Å²) in [6.45, 7) is 17.4. The molecule has 0 radical (unpaired) electrons. The van der Waals surface area contributed by atoms with Crippen molar-refractivity contribution in [1.29, 1.82) is 0 Å². The number of hydrogen-bond donors (Lipinski definition) is 2. The highest BCUT2D eigenvalue weighted by molar-refractivity contribution is 5.95. The van der Waals surface area contributed by atoms with E-state index in [1.807, 2.05) is 34.6 Å². The molecule has 2 bridgehead atoms. The van der Waals surface area contributed by atoms with Crippen molar-refractivity contribution in [2.45, 2.75) is 258 Å². The zero-order valence-corrected chi connectivity index (χ0v) is 41.7. The predicted molar refractivity (Wildman–Crippen MR) is 250 cm³/mol. The Morgan fingerprint density at radius 3 is 1.72 bits per heavy atom. The molecule has 1 unspecified atom stereocenters. The highest BCUT2D eigenvalue weighted by Gasteiger charge is 2.90. The number of epoxide rings is 1. The first-order chi connectivity index (χ1) is 30.4. The summed E-state index contributed by atoms with van der Waals surface area (Å²) in [6.07, 6.45) is 24.1. The standard InChI is InChI=1S/C54H90O10/c1-10-12-14-16-18-20-21-22-23-25-26-28-30-32-41(55)61-36-52-47(64-52)43-44-50(8,9)53(44,63-42(56)33-31-29-27-24-19-17-15-13-11-2)35-39(6)51(45(43)57)34-38(5)46(54(51,60)49(52)59)62-48(58)40(7)37(3)4/h34,37,39-40,43-44,46-47,49,59-60H,10-33,35-36H2,1-9H3/t39-,40?,43+,44-,46+,47-,49-,51+,52-,53+,54-/m1/s1. The normalized spacial score (nSPS) is 33.6. The van der Waals surface area contributed by atoms with Gasteiger partial charge in [0, 0.05) is 24.2 Å². The molecule has 0 aromatic rings. The summed E-state index contributed by atoms with van der Waals surface area (Å²) in [5.41, 5.74) is -6.88. The minimum atomic E-state index is -2.35. The first kappa shape index (κ1) is 52.7. The molecular weight excluding hydrogens is 809 g/mol. The van der Waals surface area contributed by atoms with E-state index < -0.39 is 81.6 Å². The van der Waals surface area contributed by atoms with Crippen LogP contribution in [-0.4, -0.2) is 75.6 Å². The van der Waals surface area contributed by atoms with Crippen LogP contribution in [0.25, 0.3) is 0 Å². The van der Waals surface area contributed by atoms with Crippen LogP contribution in [0.1, 0.15) is 223 Å². The first-order valence-electron chi connectivity index (χ1n) is 26.3. The van der Waals surface area contributed by atoms with Gasteiger partial charge in [-0.25, -0.2) is 0 Å². The lowest BCUT2D eigenvalue weighted by atomic mass is 9.58. The van der Waals surface area contributed by atoms with Crippen LogP contribution in [0.2, 0.25) is 0 Å². The molecule has 4 aliphatic carbocycles. The Morgan fingerprint density at radius 1 is 0.766 bits per heavy atom. The van der Waals surface area contributed by atoms with E-state index in [9.17, 15) is 24.6 Å². The van der Waals surface area contributed by atoms with Gasteiger partial charge in [-0.1, -0.05) is 190 Å². The number of aliphatic hydroxyl groups excluding tert-OH is 1. The van der Waals surface area contributed by atoms with Crippen LogP contribution >= 0.6 is 0 Å². The molecule has 10 heteroatoms. The number of ether oxygens (including phenoxy) is 4. The monoisotopic (exact) mass is 899 g/mol. The van der Waals surface area contributed by atoms with Gasteiger partial charge >= 0.3 is 17.9 Å². The Hall–Kier alpha value is -2.30. The number of aliphatic hydroxyl groups is 2. The van der Waals surface area contributed by atoms with Gasteiger partial charge in [0.25, 0.3) is 0 Å². The van der Waals surface area contributed by atoms with Crippen LogP contribution in [-0.2, 0) is 38.1 Å². The molecule has 1 aliphatic heterocycles. The molecule has 11 atom stereocenters. The van der Waals surface area contributed by atoms with Gasteiger partial charge in [0.1, 0.15) is 24.4 Å². The fourth-order valence-corrected chi connectivity index (χ4v) is 12.5. The topological polar surface area (TPSA) is 149 Å². The van der Waals surface area contributed by atoms with E-state index in [1.165, 1.54) is 89.9 Å². The molecule has 1 heterocycles. The molecule has 64 heavy (non-hydrogen) atoms. The van der Waals surface area contributed by atoms with Gasteiger partial charge in [-0.2, -0.15) is 0 Å². The maximum absolute atomic E-state index is 15.6. The van der Waals surface area contributed by atoms with Crippen molar-refractivity contribution in [3.8, 4) is 0 Å². The lowest BCUT2D eigenvalue weighted by Gasteiger charge is -2.50. The number of ketones is 1. The maximum atomic E-state index is 15.6. The van der Waals surface area contributed by atoms with Crippen molar-refractivity contribution in [2.24, 2.45) is 40.4 Å². The van der Waals surface area contributed by atoms with Gasteiger partial charge in [0.15, 0.2) is 23.1 Å². The molecule has 5 rings (SSSR count). The van der Waals surface area contributed by atoms with Gasteiger partial charge in [-0.15, -0.1) is 0 Å². The summed E-state index contributed by atoms with van der Waals surface area (Å²) < 4.78 is 25.2. The van der Waals surface area contributed by atoms with Crippen molar-refractivity contribution in [3.63, 3.8) is 0 Å². The van der Waals surface area contributed by atoms with Crippen molar-refractivity contribution in [2.75, 3.05) is 6.61 Å². The predicted octanol–water partition coefficient (Wildman–Crippen LogP) is 11.5. The molecule has 1 saturated heterocycles. The summed E-state index contributed by atoms with van der Waals surface area (Å²) in [5.74, 6) is -4.15. The Kier molecular flexibility index (Phi) is 18.7. The number of Topliss-reactive ketones (excluding diaryl/α,β-unsaturated/α-hetero) is 1. The molecule has 3 saturated carbocycles. The zero-order valence-electron chi connectivity index (χ0n) is 41.7. The van der Waals surface area contributed by atoms with Crippen molar-refractivity contribution in [3.05, 3.63) is 11.6 Å². The van der Waals surface area contributed by atoms with E-state index in [0.29, 0.717) is 12.0 Å². The summed E-state index contributed by atoms with van der Waals surface area (Å²) in [4.78, 5) is 56.5. The smallest absolute Gasteiger partial charge is 0.309 e. The Bertz CT molecular complexity index is 1600. The van der Waals surface area contributed by atoms with Gasteiger partial charge in [-0.05, 0) is 43.6 Å². The van der Waals surface area contributed by atoms with Crippen LogP contribution in [0, 0.1) is 40.4 Å². The lowest BCUT2D eigenvalue weighted by molar-refractivity contribution is -0.225. The Balaban J connectivity index is 1.29. The average molecular weight is 899 g/mol. The fourth-order valence-electron chi connectivity index (χ4n) is 12.5. The quantitative estimate of drug-likeness (QED) is 0.0235. The van der Waals surface area contributed by atoms with Crippen LogP contribution in [0.4, 0.5) is 0 Å². The molecular formula is C54H90O10. The second-order valence-electron chi connectivity index (χ2n) is 22.1. The highest BCUT2D eigenvalue weighted by atomic mass is 16.7. The van der Waals surface area contributed by atoms with E-state index in [0.717, 1.165) is 44.9 Å². The minimum absolute atomic E-state index is 0.0556. The number of unbranched alkanes of at least 4 members (excludes halogenated alkanes) is 20. The number of esters is 3. The third-order valence-electron chi connectivity index (χ3n) is 17.0. The number of carbonyl (C=O) groups excluding carboxylic acids is 4. The number of hydrogen-bond acceptors (Lipinski definition) is 10. The van der Waals surface area contributed by atoms with Crippen LogP contribution < -0.4 is 0 Å². The Morgan fingerprint density at radius 2 is 1.23 bits per heavy atom. The second kappa shape index (κ2) is 22.7. The summed E-state index contributed by atoms with van der Waals surface area (Å²) in [6, 6.07) is 0. The van der Waals surface area contributed by atoms with Gasteiger partial charge in [0.05, 0.1) is 17.3 Å². The molecule has 0 aromatic carbocycles. The van der Waals surface area contributed by atoms with Crippen LogP contribution in [0.15, 0.2) is 11.6 Å². The summed E-state index contributed by atoms with van der Waals surface area (Å²) >= 11 is 0. The zero-order chi connectivity index (χ0) is 46.9. The van der Waals surface area contributed by atoms with Crippen molar-refractivity contribution < 1.29 is 48.3 Å². The van der Waals surface area contributed by atoms with Gasteiger partial charge < -0.3 is 29.2 Å². The number of rotatable bonds is 30. The third-order valence-corrected chi connectivity index (χ3v) is 17.0. The lowest BCUT2D eigenvalue weighted by Crippen LogP contribution is -2.68. The largest absolute Gasteiger partial charge is 0.462 e. The fraction of sp³-hybridized carbons (Fsp3) is 0.889. The second-order valence-corrected chi connectivity index (χ2v) is 22.1.